The van der Waals surface area contributed by atoms with E-state index in [1.807, 2.05) is 32.0 Å². The van der Waals surface area contributed by atoms with Gasteiger partial charge in [-0.3, -0.25) is 0 Å². The van der Waals surface area contributed by atoms with Gasteiger partial charge in [-0.1, -0.05) is 6.07 Å². The minimum atomic E-state index is -3.67. The summed E-state index contributed by atoms with van der Waals surface area (Å²) in [6.45, 7) is 4.11. The molecule has 150 valence electrons. The maximum absolute atomic E-state index is 12.3. The molecule has 0 saturated carbocycles. The Hall–Kier alpha value is -2.95. The number of urea groups is 2. The van der Waals surface area contributed by atoms with Gasteiger partial charge in [-0.05, 0) is 38.0 Å². The van der Waals surface area contributed by atoms with Crippen LogP contribution in [0.2, 0.25) is 0 Å². The molecular formula is C17H22N6O4S. The van der Waals surface area contributed by atoms with Crippen molar-refractivity contribution >= 4 is 22.1 Å². The van der Waals surface area contributed by atoms with E-state index in [-0.39, 0.29) is 19.6 Å². The number of hydrogen-bond donors (Lipinski definition) is 1. The number of carbonyl (C=O) groups excluding carboxylic acids is 2. The standard InChI is InChI=1S/C17H22N6O4S/c1-12-14(13(2)23(20-12)15-6-4-5-8-18-15)7-9-19-16(24)21-10-11-22(17(21)25)28(3,26)27/h4-6,8H,7,9-11H2,1-3H3,(H,19,24). The van der Waals surface area contributed by atoms with Crippen molar-refractivity contribution in [2.45, 2.75) is 20.3 Å². The molecule has 28 heavy (non-hydrogen) atoms. The van der Waals surface area contributed by atoms with E-state index in [0.717, 1.165) is 28.1 Å². The molecule has 0 radical (unpaired) electrons. The van der Waals surface area contributed by atoms with Gasteiger partial charge in [-0.25, -0.2) is 36.9 Å². The second-order valence-corrected chi connectivity index (χ2v) is 8.41. The summed E-state index contributed by atoms with van der Waals surface area (Å²) >= 11 is 0. The summed E-state index contributed by atoms with van der Waals surface area (Å²) in [5.74, 6) is 0.710. The number of hydrogen-bond acceptors (Lipinski definition) is 6. The topological polar surface area (TPSA) is 118 Å². The van der Waals surface area contributed by atoms with Crippen LogP contribution >= 0.6 is 0 Å². The van der Waals surface area contributed by atoms with Crippen molar-refractivity contribution in [2.75, 3.05) is 25.9 Å². The monoisotopic (exact) mass is 406 g/mol. The Labute approximate surface area is 163 Å². The van der Waals surface area contributed by atoms with E-state index in [2.05, 4.69) is 15.4 Å². The molecule has 11 heteroatoms. The molecule has 0 unspecified atom stereocenters. The number of pyridine rings is 1. The first-order chi connectivity index (χ1) is 13.2. The van der Waals surface area contributed by atoms with Crippen LogP contribution in [0.5, 0.6) is 0 Å². The maximum atomic E-state index is 12.3. The number of nitrogens with zero attached hydrogens (tertiary/aromatic N) is 5. The third-order valence-electron chi connectivity index (χ3n) is 4.58. The van der Waals surface area contributed by atoms with Crippen molar-refractivity contribution in [3.05, 3.63) is 41.3 Å². The SMILES string of the molecule is Cc1nn(-c2ccccn2)c(C)c1CCNC(=O)N1CCN(S(C)(=O)=O)C1=O. The van der Waals surface area contributed by atoms with Gasteiger partial charge in [-0.15, -0.1) is 0 Å². The number of aryl methyl sites for hydroxylation is 1. The van der Waals surface area contributed by atoms with Gasteiger partial charge in [0.25, 0.3) is 0 Å². The number of amides is 4. The van der Waals surface area contributed by atoms with Gasteiger partial charge in [-0.2, -0.15) is 5.10 Å². The number of imide groups is 1. The zero-order valence-corrected chi connectivity index (χ0v) is 16.7. The molecule has 1 N–H and O–H groups in total. The van der Waals surface area contributed by atoms with Crippen molar-refractivity contribution in [1.29, 1.82) is 0 Å². The van der Waals surface area contributed by atoms with Crippen molar-refractivity contribution in [3.8, 4) is 5.82 Å². The van der Waals surface area contributed by atoms with E-state index in [0.29, 0.717) is 16.5 Å². The molecule has 0 spiro atoms. The molecule has 2 aromatic rings. The van der Waals surface area contributed by atoms with Gasteiger partial charge in [0.15, 0.2) is 5.82 Å². The molecule has 3 heterocycles. The Bertz CT molecular complexity index is 1000. The molecular weight excluding hydrogens is 384 g/mol. The summed E-state index contributed by atoms with van der Waals surface area (Å²) in [4.78, 5) is 29.5. The van der Waals surface area contributed by atoms with Crippen LogP contribution in [0.3, 0.4) is 0 Å². The fourth-order valence-electron chi connectivity index (χ4n) is 3.14. The van der Waals surface area contributed by atoms with Gasteiger partial charge < -0.3 is 5.32 Å². The summed E-state index contributed by atoms with van der Waals surface area (Å²) in [7, 11) is -3.67. The number of sulfonamides is 1. The Morgan fingerprint density at radius 3 is 2.61 bits per heavy atom. The van der Waals surface area contributed by atoms with Crippen LogP contribution in [0.4, 0.5) is 9.59 Å². The number of nitrogens with one attached hydrogen (secondary N) is 1. The van der Waals surface area contributed by atoms with Crippen LogP contribution in [0.25, 0.3) is 5.82 Å². The predicted octanol–water partition coefficient (Wildman–Crippen LogP) is 0.833. The minimum Gasteiger partial charge on any atom is -0.337 e. The third kappa shape index (κ3) is 3.84. The van der Waals surface area contributed by atoms with Crippen molar-refractivity contribution < 1.29 is 18.0 Å². The molecule has 0 aromatic carbocycles. The van der Waals surface area contributed by atoms with Crippen LogP contribution in [0.15, 0.2) is 24.4 Å². The summed E-state index contributed by atoms with van der Waals surface area (Å²) in [5, 5.41) is 7.18. The lowest BCUT2D eigenvalue weighted by atomic mass is 10.1. The highest BCUT2D eigenvalue weighted by Gasteiger charge is 2.38. The second kappa shape index (κ2) is 7.58. The first-order valence-electron chi connectivity index (χ1n) is 8.73. The zero-order chi connectivity index (χ0) is 20.5. The average molecular weight is 406 g/mol. The number of aromatic nitrogens is 3. The van der Waals surface area contributed by atoms with E-state index in [1.165, 1.54) is 0 Å². The molecule has 10 nitrogen and oxygen atoms in total. The van der Waals surface area contributed by atoms with Crippen molar-refractivity contribution in [2.24, 2.45) is 0 Å². The van der Waals surface area contributed by atoms with Gasteiger partial charge in [0.05, 0.1) is 25.0 Å². The van der Waals surface area contributed by atoms with Gasteiger partial charge in [0.1, 0.15) is 0 Å². The number of carbonyl (C=O) groups is 2. The molecule has 1 aliphatic rings. The summed E-state index contributed by atoms with van der Waals surface area (Å²) < 4.78 is 25.5. The molecule has 1 aliphatic heterocycles. The van der Waals surface area contributed by atoms with Crippen LogP contribution in [0, 0.1) is 13.8 Å². The van der Waals surface area contributed by atoms with E-state index in [4.69, 9.17) is 0 Å². The molecule has 0 bridgehead atoms. The quantitative estimate of drug-likeness (QED) is 0.786. The highest BCUT2D eigenvalue weighted by atomic mass is 32.2. The third-order valence-corrected chi connectivity index (χ3v) is 5.71. The van der Waals surface area contributed by atoms with Crippen molar-refractivity contribution in [1.82, 2.24) is 29.3 Å². The van der Waals surface area contributed by atoms with E-state index < -0.39 is 22.1 Å². The highest BCUT2D eigenvalue weighted by molar-refractivity contribution is 7.88. The first-order valence-corrected chi connectivity index (χ1v) is 10.6. The first kappa shape index (κ1) is 19.8. The van der Waals surface area contributed by atoms with Crippen molar-refractivity contribution in [3.63, 3.8) is 0 Å². The average Bonchev–Trinajstić information content (AvgIpc) is 3.16. The zero-order valence-electron chi connectivity index (χ0n) is 15.9. The fourth-order valence-corrected chi connectivity index (χ4v) is 3.94. The smallest absolute Gasteiger partial charge is 0.337 e. The lowest BCUT2D eigenvalue weighted by molar-refractivity contribution is 0.194. The molecule has 2 aromatic heterocycles. The van der Waals surface area contributed by atoms with Gasteiger partial charge in [0, 0.05) is 18.4 Å². The summed E-state index contributed by atoms with van der Waals surface area (Å²) in [6, 6.07) is 4.14. The predicted molar refractivity (Wildman–Crippen MR) is 102 cm³/mol. The highest BCUT2D eigenvalue weighted by Crippen LogP contribution is 2.17. The number of rotatable bonds is 5. The maximum Gasteiger partial charge on any atom is 0.341 e. The largest absolute Gasteiger partial charge is 0.341 e. The van der Waals surface area contributed by atoms with Crippen LogP contribution < -0.4 is 5.32 Å². The fraction of sp³-hybridized carbons (Fsp3) is 0.412. The van der Waals surface area contributed by atoms with Crippen LogP contribution in [-0.4, -0.2) is 70.3 Å². The Morgan fingerprint density at radius 1 is 1.25 bits per heavy atom. The summed E-state index contributed by atoms with van der Waals surface area (Å²) in [6.07, 6.45) is 3.16. The van der Waals surface area contributed by atoms with Crippen LogP contribution in [0.1, 0.15) is 17.0 Å². The Kier molecular flexibility index (Phi) is 5.36. The molecule has 0 atom stereocenters. The molecule has 0 aliphatic carbocycles. The Balaban J connectivity index is 1.62. The summed E-state index contributed by atoms with van der Waals surface area (Å²) in [5.41, 5.74) is 2.74. The molecule has 3 rings (SSSR count). The minimum absolute atomic E-state index is 0.0276. The van der Waals surface area contributed by atoms with Crippen LogP contribution in [-0.2, 0) is 16.4 Å². The van der Waals surface area contributed by atoms with Gasteiger partial charge in [0.2, 0.25) is 10.0 Å². The van der Waals surface area contributed by atoms with E-state index in [9.17, 15) is 18.0 Å². The Morgan fingerprint density at radius 2 is 2.00 bits per heavy atom. The molecule has 4 amide bonds. The van der Waals surface area contributed by atoms with Gasteiger partial charge >= 0.3 is 12.1 Å². The lowest BCUT2D eigenvalue weighted by Crippen LogP contribution is -2.44. The van der Waals surface area contributed by atoms with E-state index in [1.54, 1.807) is 10.9 Å². The normalized spacial score (nSPS) is 14.6. The van der Waals surface area contributed by atoms with E-state index >= 15 is 0 Å². The molecule has 1 saturated heterocycles. The lowest BCUT2D eigenvalue weighted by Gasteiger charge is -2.16. The molecule has 1 fully saturated rings. The second-order valence-electron chi connectivity index (χ2n) is 6.50.